The summed E-state index contributed by atoms with van der Waals surface area (Å²) < 4.78 is 40.4. The molecule has 21 heavy (non-hydrogen) atoms. The van der Waals surface area contributed by atoms with E-state index >= 15 is 0 Å². The van der Waals surface area contributed by atoms with Crippen LogP contribution >= 0.6 is 0 Å². The number of hydrogen-bond donors (Lipinski definition) is 2. The Morgan fingerprint density at radius 1 is 1.14 bits per heavy atom. The molecular formula is C14H18F3N3O. The van der Waals surface area contributed by atoms with Crippen LogP contribution in [0.1, 0.15) is 31.5 Å². The summed E-state index contributed by atoms with van der Waals surface area (Å²) in [5, 5.41) is 8.69. The van der Waals surface area contributed by atoms with Gasteiger partial charge in [-0.05, 0) is 31.0 Å². The molecule has 0 atom stereocenters. The minimum absolute atomic E-state index is 0.112. The third-order valence-corrected chi connectivity index (χ3v) is 3.32. The molecule has 1 aromatic heterocycles. The summed E-state index contributed by atoms with van der Waals surface area (Å²) in [4.78, 5) is 3.68. The zero-order valence-corrected chi connectivity index (χ0v) is 11.5. The Bertz CT molecular complexity index is 607. The molecule has 0 bridgehead atoms. The maximum atomic E-state index is 13.1. The lowest BCUT2D eigenvalue weighted by atomic mass is 10.2. The van der Waals surface area contributed by atoms with Crippen LogP contribution in [0.15, 0.2) is 18.2 Å². The number of imidazole rings is 1. The Hall–Kier alpha value is -1.76. The lowest BCUT2D eigenvalue weighted by molar-refractivity contribution is -0.147. The predicted molar refractivity (Wildman–Crippen MR) is 74.7 cm³/mol. The Morgan fingerprint density at radius 3 is 2.52 bits per heavy atom. The van der Waals surface area contributed by atoms with Gasteiger partial charge in [0.25, 0.3) is 0 Å². The lowest BCUT2D eigenvalue weighted by Gasteiger charge is -2.11. The predicted octanol–water partition coefficient (Wildman–Crippen LogP) is 3.19. The van der Waals surface area contributed by atoms with Crippen LogP contribution in [0.4, 0.5) is 18.9 Å². The van der Waals surface area contributed by atoms with Gasteiger partial charge in [-0.25, -0.2) is 4.98 Å². The van der Waals surface area contributed by atoms with Gasteiger partial charge >= 0.3 is 6.18 Å². The number of unbranched alkanes of at least 4 members (excludes halogenated alkanes) is 3. The zero-order valence-electron chi connectivity index (χ0n) is 11.5. The second kappa shape index (κ2) is 6.34. The highest BCUT2D eigenvalue weighted by molar-refractivity contribution is 5.79. The van der Waals surface area contributed by atoms with Crippen LogP contribution in [0.2, 0.25) is 0 Å². The van der Waals surface area contributed by atoms with Gasteiger partial charge in [0, 0.05) is 18.8 Å². The molecule has 0 spiro atoms. The van der Waals surface area contributed by atoms with Gasteiger partial charge in [0.15, 0.2) is 0 Å². The second-order valence-corrected chi connectivity index (χ2v) is 4.97. The van der Waals surface area contributed by atoms with Gasteiger partial charge in [-0.1, -0.05) is 12.8 Å². The molecule has 1 aromatic carbocycles. The van der Waals surface area contributed by atoms with Crippen molar-refractivity contribution < 1.29 is 18.3 Å². The van der Waals surface area contributed by atoms with E-state index < -0.39 is 12.0 Å². The first-order chi connectivity index (χ1) is 9.93. The topological polar surface area (TPSA) is 64.1 Å². The van der Waals surface area contributed by atoms with E-state index in [1.54, 1.807) is 12.1 Å². The van der Waals surface area contributed by atoms with Crippen LogP contribution in [-0.4, -0.2) is 21.3 Å². The number of anilines is 1. The highest BCUT2D eigenvalue weighted by atomic mass is 19.4. The van der Waals surface area contributed by atoms with Crippen LogP contribution in [-0.2, 0) is 12.7 Å². The van der Waals surface area contributed by atoms with Crippen molar-refractivity contribution in [2.24, 2.45) is 0 Å². The summed E-state index contributed by atoms with van der Waals surface area (Å²) >= 11 is 0. The van der Waals surface area contributed by atoms with E-state index in [2.05, 4.69) is 4.98 Å². The number of nitrogens with zero attached hydrogens (tertiary/aromatic N) is 2. The third-order valence-electron chi connectivity index (χ3n) is 3.32. The first kappa shape index (κ1) is 15.6. The smallest absolute Gasteiger partial charge is 0.399 e. The molecule has 116 valence electrons. The maximum absolute atomic E-state index is 13.1. The number of aliphatic hydroxyl groups is 1. The largest absolute Gasteiger partial charge is 0.449 e. The third kappa shape index (κ3) is 3.66. The average Bonchev–Trinajstić information content (AvgIpc) is 2.76. The van der Waals surface area contributed by atoms with E-state index in [1.165, 1.54) is 10.6 Å². The highest BCUT2D eigenvalue weighted by Gasteiger charge is 2.37. The van der Waals surface area contributed by atoms with Gasteiger partial charge in [0.2, 0.25) is 5.82 Å². The molecule has 0 saturated carbocycles. The molecule has 0 unspecified atom stereocenters. The van der Waals surface area contributed by atoms with Crippen molar-refractivity contribution in [3.05, 3.63) is 24.0 Å². The summed E-state index contributed by atoms with van der Waals surface area (Å²) in [6, 6.07) is 4.60. The van der Waals surface area contributed by atoms with Gasteiger partial charge in [0.05, 0.1) is 11.0 Å². The van der Waals surface area contributed by atoms with Crippen LogP contribution in [0.5, 0.6) is 0 Å². The number of aliphatic hydroxyl groups excluding tert-OH is 1. The fraction of sp³-hybridized carbons (Fsp3) is 0.500. The van der Waals surface area contributed by atoms with Crippen molar-refractivity contribution in [2.75, 3.05) is 12.3 Å². The molecular weight excluding hydrogens is 283 g/mol. The molecule has 0 radical (unpaired) electrons. The number of fused-ring (bicyclic) bond motifs is 1. The molecule has 2 aromatic rings. The second-order valence-electron chi connectivity index (χ2n) is 4.97. The van der Waals surface area contributed by atoms with Crippen LogP contribution in [0, 0.1) is 0 Å². The van der Waals surface area contributed by atoms with E-state index in [0.717, 1.165) is 12.8 Å². The molecule has 0 saturated heterocycles. The normalized spacial score (nSPS) is 12.2. The van der Waals surface area contributed by atoms with Crippen molar-refractivity contribution in [3.8, 4) is 0 Å². The summed E-state index contributed by atoms with van der Waals surface area (Å²) in [6.45, 7) is 0.363. The van der Waals surface area contributed by atoms with Gasteiger partial charge in [0.1, 0.15) is 0 Å². The van der Waals surface area contributed by atoms with E-state index in [4.69, 9.17) is 10.8 Å². The highest BCUT2D eigenvalue weighted by Crippen LogP contribution is 2.32. The number of aryl methyl sites for hydroxylation is 1. The molecule has 0 amide bonds. The first-order valence-electron chi connectivity index (χ1n) is 6.87. The minimum atomic E-state index is -4.49. The van der Waals surface area contributed by atoms with E-state index in [-0.39, 0.29) is 18.7 Å². The molecule has 7 heteroatoms. The average molecular weight is 301 g/mol. The van der Waals surface area contributed by atoms with Crippen LogP contribution < -0.4 is 5.73 Å². The number of halogens is 3. The quantitative estimate of drug-likeness (QED) is 0.636. The Balaban J connectivity index is 2.26. The molecule has 0 aliphatic carbocycles. The first-order valence-corrected chi connectivity index (χ1v) is 6.87. The van der Waals surface area contributed by atoms with Gasteiger partial charge in [-0.2, -0.15) is 13.2 Å². The number of nitrogen functional groups attached to an aromatic ring is 1. The Kier molecular flexibility index (Phi) is 4.72. The fourth-order valence-corrected chi connectivity index (χ4v) is 2.32. The summed E-state index contributed by atoms with van der Waals surface area (Å²) in [5.74, 6) is -0.884. The number of benzene rings is 1. The van der Waals surface area contributed by atoms with Gasteiger partial charge in [-0.3, -0.25) is 0 Å². The van der Waals surface area contributed by atoms with Crippen molar-refractivity contribution >= 4 is 16.7 Å². The molecule has 0 aliphatic rings. The summed E-state index contributed by atoms with van der Waals surface area (Å²) in [5.41, 5.74) is 6.69. The Labute approximate surface area is 120 Å². The number of rotatable bonds is 6. The van der Waals surface area contributed by atoms with Gasteiger partial charge < -0.3 is 15.4 Å². The lowest BCUT2D eigenvalue weighted by Crippen LogP contribution is -2.15. The summed E-state index contributed by atoms with van der Waals surface area (Å²) in [7, 11) is 0. The van der Waals surface area contributed by atoms with Crippen molar-refractivity contribution in [1.82, 2.24) is 9.55 Å². The van der Waals surface area contributed by atoms with E-state index in [0.29, 0.717) is 24.0 Å². The standard InChI is InChI=1S/C14H18F3N3O/c15-14(16,17)13-19-11-9-10(18)5-6-12(11)20(13)7-3-1-2-4-8-21/h5-6,9,21H,1-4,7-8,18H2. The number of aromatic nitrogens is 2. The van der Waals surface area contributed by atoms with E-state index in [1.807, 2.05) is 0 Å². The Morgan fingerprint density at radius 2 is 1.86 bits per heavy atom. The number of hydrogen-bond acceptors (Lipinski definition) is 3. The van der Waals surface area contributed by atoms with Crippen molar-refractivity contribution in [1.29, 1.82) is 0 Å². The molecule has 3 N–H and O–H groups in total. The number of nitrogens with two attached hydrogens (primary N) is 1. The van der Waals surface area contributed by atoms with Crippen LogP contribution in [0.25, 0.3) is 11.0 Å². The van der Waals surface area contributed by atoms with Crippen molar-refractivity contribution in [3.63, 3.8) is 0 Å². The zero-order chi connectivity index (χ0) is 15.5. The van der Waals surface area contributed by atoms with Crippen LogP contribution in [0.3, 0.4) is 0 Å². The van der Waals surface area contributed by atoms with Gasteiger partial charge in [-0.15, -0.1) is 0 Å². The molecule has 2 rings (SSSR count). The molecule has 1 heterocycles. The molecule has 4 nitrogen and oxygen atoms in total. The molecule has 0 aliphatic heterocycles. The maximum Gasteiger partial charge on any atom is 0.449 e. The fourth-order valence-electron chi connectivity index (χ4n) is 2.32. The SMILES string of the molecule is Nc1ccc2c(c1)nc(C(F)(F)F)n2CCCCCCO. The molecule has 0 fully saturated rings. The summed E-state index contributed by atoms with van der Waals surface area (Å²) in [6.07, 6.45) is -1.63. The minimum Gasteiger partial charge on any atom is -0.399 e. The van der Waals surface area contributed by atoms with Crippen molar-refractivity contribution in [2.45, 2.75) is 38.4 Å². The monoisotopic (exact) mass is 301 g/mol. The van der Waals surface area contributed by atoms with E-state index in [9.17, 15) is 13.2 Å². The number of alkyl halides is 3.